The van der Waals surface area contributed by atoms with E-state index in [1.165, 1.54) is 6.42 Å². The van der Waals surface area contributed by atoms with Gasteiger partial charge in [-0.15, -0.1) is 12.4 Å². The summed E-state index contributed by atoms with van der Waals surface area (Å²) >= 11 is 0. The Bertz CT molecular complexity index is 671. The fraction of sp³-hybridized carbons (Fsp3) is 0.611. The molecule has 0 radical (unpaired) electrons. The second-order valence-electron chi connectivity index (χ2n) is 6.86. The number of rotatable bonds is 8. The molecule has 1 saturated carbocycles. The molecule has 1 aromatic rings. The Hall–Kier alpha value is -1.15. The smallest absolute Gasteiger partial charge is 0.240 e. The van der Waals surface area contributed by atoms with Crippen molar-refractivity contribution in [2.45, 2.75) is 56.9 Å². The zero-order valence-electron chi connectivity index (χ0n) is 15.3. The van der Waals surface area contributed by atoms with E-state index in [0.29, 0.717) is 26.1 Å². The molecule has 26 heavy (non-hydrogen) atoms. The van der Waals surface area contributed by atoms with Crippen LogP contribution in [0.25, 0.3) is 0 Å². The average Bonchev–Trinajstić information content (AvgIpc) is 2.61. The van der Waals surface area contributed by atoms with Crippen LogP contribution in [-0.2, 0) is 21.4 Å². The van der Waals surface area contributed by atoms with Crippen LogP contribution in [0.4, 0.5) is 0 Å². The quantitative estimate of drug-likeness (QED) is 0.619. The lowest BCUT2D eigenvalue weighted by molar-refractivity contribution is -0.124. The maximum atomic E-state index is 12.3. The fourth-order valence-corrected chi connectivity index (χ4v) is 4.46. The first-order valence-corrected chi connectivity index (χ1v) is 10.4. The van der Waals surface area contributed by atoms with Crippen molar-refractivity contribution in [3.63, 3.8) is 0 Å². The molecule has 0 bridgehead atoms. The molecule has 8 heteroatoms. The number of nitrogens with two attached hydrogens (primary N) is 1. The van der Waals surface area contributed by atoms with E-state index < -0.39 is 10.0 Å². The highest BCUT2D eigenvalue weighted by Crippen LogP contribution is 2.38. The van der Waals surface area contributed by atoms with Crippen LogP contribution in [-0.4, -0.2) is 27.4 Å². The van der Waals surface area contributed by atoms with Crippen molar-refractivity contribution in [1.29, 1.82) is 0 Å². The summed E-state index contributed by atoms with van der Waals surface area (Å²) in [5.41, 5.74) is 6.75. The van der Waals surface area contributed by atoms with Crippen LogP contribution in [0.3, 0.4) is 0 Å². The van der Waals surface area contributed by atoms with Crippen molar-refractivity contribution in [2.75, 3.05) is 13.1 Å². The number of nitrogens with one attached hydrogen (secondary N) is 2. The third-order valence-electron chi connectivity index (χ3n) is 4.94. The lowest BCUT2D eigenvalue weighted by atomic mass is 9.71. The molecule has 6 nitrogen and oxygen atoms in total. The number of amides is 1. The summed E-state index contributed by atoms with van der Waals surface area (Å²) in [5, 5.41) is 2.93. The molecular formula is C18H30ClN3O3S. The van der Waals surface area contributed by atoms with E-state index in [-0.39, 0.29) is 28.6 Å². The van der Waals surface area contributed by atoms with Crippen LogP contribution < -0.4 is 15.8 Å². The summed E-state index contributed by atoms with van der Waals surface area (Å²) in [5.74, 6) is 0.0108. The first-order valence-electron chi connectivity index (χ1n) is 8.96. The van der Waals surface area contributed by atoms with E-state index in [4.69, 9.17) is 5.73 Å². The molecule has 1 aliphatic carbocycles. The zero-order chi connectivity index (χ0) is 18.3. The predicted octanol–water partition coefficient (Wildman–Crippen LogP) is 2.32. The number of carbonyl (C=O) groups is 1. The van der Waals surface area contributed by atoms with Crippen molar-refractivity contribution < 1.29 is 13.2 Å². The predicted molar refractivity (Wildman–Crippen MR) is 106 cm³/mol. The van der Waals surface area contributed by atoms with Gasteiger partial charge in [-0.2, -0.15) is 0 Å². The third kappa shape index (κ3) is 6.23. The molecule has 1 aliphatic rings. The van der Waals surface area contributed by atoms with E-state index in [0.717, 1.165) is 31.2 Å². The first kappa shape index (κ1) is 22.9. The normalized spacial score (nSPS) is 16.5. The summed E-state index contributed by atoms with van der Waals surface area (Å²) in [7, 11) is -3.44. The lowest BCUT2D eigenvalue weighted by Gasteiger charge is -2.35. The van der Waals surface area contributed by atoms with Gasteiger partial charge < -0.3 is 11.1 Å². The van der Waals surface area contributed by atoms with Crippen LogP contribution in [0.2, 0.25) is 0 Å². The Morgan fingerprint density at radius 2 is 1.77 bits per heavy atom. The minimum absolute atomic E-state index is 0. The van der Waals surface area contributed by atoms with Crippen molar-refractivity contribution >= 4 is 28.3 Å². The molecule has 0 saturated heterocycles. The van der Waals surface area contributed by atoms with Gasteiger partial charge in [0.2, 0.25) is 15.9 Å². The van der Waals surface area contributed by atoms with Gasteiger partial charge >= 0.3 is 0 Å². The third-order valence-corrected chi connectivity index (χ3v) is 6.50. The molecule has 4 N–H and O–H groups in total. The minimum atomic E-state index is -3.44. The highest BCUT2D eigenvalue weighted by molar-refractivity contribution is 7.89. The van der Waals surface area contributed by atoms with Gasteiger partial charge in [0.15, 0.2) is 0 Å². The molecule has 1 aromatic carbocycles. The second-order valence-corrected chi connectivity index (χ2v) is 8.63. The number of hydrogen-bond acceptors (Lipinski definition) is 4. The van der Waals surface area contributed by atoms with Gasteiger partial charge in [-0.05, 0) is 42.5 Å². The monoisotopic (exact) mass is 403 g/mol. The maximum Gasteiger partial charge on any atom is 0.240 e. The van der Waals surface area contributed by atoms with E-state index >= 15 is 0 Å². The van der Waals surface area contributed by atoms with Gasteiger partial charge in [0.25, 0.3) is 0 Å². The molecule has 0 atom stereocenters. The number of hydrogen-bond donors (Lipinski definition) is 3. The van der Waals surface area contributed by atoms with Crippen molar-refractivity contribution in [3.05, 3.63) is 29.8 Å². The molecule has 2 rings (SSSR count). The molecule has 0 aromatic heterocycles. The van der Waals surface area contributed by atoms with E-state index in [1.54, 1.807) is 31.2 Å². The van der Waals surface area contributed by atoms with E-state index in [1.807, 2.05) is 0 Å². The van der Waals surface area contributed by atoms with Gasteiger partial charge in [0.1, 0.15) is 0 Å². The Balaban J connectivity index is 0.00000338. The Kier molecular flexibility index (Phi) is 9.03. The fourth-order valence-electron chi connectivity index (χ4n) is 3.42. The van der Waals surface area contributed by atoms with Gasteiger partial charge in [-0.1, -0.05) is 38.3 Å². The van der Waals surface area contributed by atoms with Crippen molar-refractivity contribution in [1.82, 2.24) is 10.0 Å². The van der Waals surface area contributed by atoms with Crippen LogP contribution in [0, 0.1) is 5.41 Å². The Morgan fingerprint density at radius 3 is 2.31 bits per heavy atom. The second kappa shape index (κ2) is 10.3. The summed E-state index contributed by atoms with van der Waals surface area (Å²) in [6.45, 7) is 3.03. The zero-order valence-corrected chi connectivity index (χ0v) is 16.9. The first-order chi connectivity index (χ1) is 11.9. The molecule has 0 spiro atoms. The molecule has 148 valence electrons. The molecule has 1 amide bonds. The number of carbonyl (C=O) groups excluding carboxylic acids is 1. The van der Waals surface area contributed by atoms with Crippen LogP contribution in [0.5, 0.6) is 0 Å². The Morgan fingerprint density at radius 1 is 1.15 bits per heavy atom. The Labute approximate surface area is 162 Å². The van der Waals surface area contributed by atoms with Gasteiger partial charge in [-0.25, -0.2) is 13.1 Å². The minimum Gasteiger partial charge on any atom is -0.352 e. The lowest BCUT2D eigenvalue weighted by Crippen LogP contribution is -2.38. The molecule has 0 aliphatic heterocycles. The molecule has 0 unspecified atom stereocenters. The summed E-state index contributed by atoms with van der Waals surface area (Å²) in [6.07, 6.45) is 6.03. The van der Waals surface area contributed by atoms with E-state index in [2.05, 4.69) is 10.0 Å². The number of sulfonamides is 1. The highest BCUT2D eigenvalue weighted by atomic mass is 35.5. The van der Waals surface area contributed by atoms with Crippen LogP contribution >= 0.6 is 12.4 Å². The number of benzene rings is 1. The van der Waals surface area contributed by atoms with Gasteiger partial charge in [0, 0.05) is 19.5 Å². The largest absolute Gasteiger partial charge is 0.352 e. The average molecular weight is 404 g/mol. The molecular weight excluding hydrogens is 374 g/mol. The van der Waals surface area contributed by atoms with Crippen molar-refractivity contribution in [2.24, 2.45) is 11.1 Å². The van der Waals surface area contributed by atoms with Gasteiger partial charge in [-0.3, -0.25) is 4.79 Å². The molecule has 0 heterocycles. The topological polar surface area (TPSA) is 101 Å². The summed E-state index contributed by atoms with van der Waals surface area (Å²) < 4.78 is 26.3. The van der Waals surface area contributed by atoms with Crippen LogP contribution in [0.15, 0.2) is 29.2 Å². The highest BCUT2D eigenvalue weighted by Gasteiger charge is 2.32. The number of halogens is 1. The van der Waals surface area contributed by atoms with Crippen molar-refractivity contribution in [3.8, 4) is 0 Å². The SMILES string of the molecule is CCNS(=O)(=O)c1ccc(CNC(=O)CC2(CN)CCCCC2)cc1.Cl. The standard InChI is InChI=1S/C18H29N3O3S.ClH/c1-2-21-25(23,24)16-8-6-15(7-9-16)13-20-17(22)12-18(14-19)10-4-3-5-11-18;/h6-9,21H,2-5,10-14,19H2,1H3,(H,20,22);1H. The van der Waals surface area contributed by atoms with Crippen LogP contribution in [0.1, 0.15) is 51.0 Å². The van der Waals surface area contributed by atoms with E-state index in [9.17, 15) is 13.2 Å². The summed E-state index contributed by atoms with van der Waals surface area (Å²) in [4.78, 5) is 12.5. The van der Waals surface area contributed by atoms with Gasteiger partial charge in [0.05, 0.1) is 4.90 Å². The summed E-state index contributed by atoms with van der Waals surface area (Å²) in [6, 6.07) is 6.57. The molecule has 1 fully saturated rings. The maximum absolute atomic E-state index is 12.3.